The first-order chi connectivity index (χ1) is 16.1. The Morgan fingerprint density at radius 2 is 1.62 bits per heavy atom. The number of benzene rings is 3. The molecule has 3 N–H and O–H groups in total. The third-order valence-corrected chi connectivity index (χ3v) is 7.03. The van der Waals surface area contributed by atoms with Crippen molar-refractivity contribution in [2.75, 3.05) is 19.0 Å². The molecule has 0 unspecified atom stereocenters. The second-order valence-electron chi connectivity index (χ2n) is 7.37. The Hall–Kier alpha value is -3.40. The third-order valence-electron chi connectivity index (χ3n) is 4.96. The van der Waals surface area contributed by atoms with Gasteiger partial charge in [0.05, 0.1) is 11.5 Å². The molecular weight excluding hydrogens is 478 g/mol. The lowest BCUT2D eigenvalue weighted by Crippen LogP contribution is -2.27. The van der Waals surface area contributed by atoms with Crippen molar-refractivity contribution in [3.8, 4) is 5.75 Å². The molecule has 0 fully saturated rings. The van der Waals surface area contributed by atoms with Gasteiger partial charge >= 0.3 is 0 Å². The van der Waals surface area contributed by atoms with Crippen molar-refractivity contribution in [2.45, 2.75) is 18.4 Å². The summed E-state index contributed by atoms with van der Waals surface area (Å²) in [5.74, 6) is -0.492. The number of amides is 2. The van der Waals surface area contributed by atoms with Crippen molar-refractivity contribution >= 4 is 39.1 Å². The molecule has 2 amide bonds. The molecule has 0 heterocycles. The molecule has 0 aliphatic heterocycles. The maximum absolute atomic E-state index is 13.0. The smallest absolute Gasteiger partial charge is 0.255 e. The Balaban J connectivity index is 1.84. The molecule has 0 spiro atoms. The van der Waals surface area contributed by atoms with Crippen LogP contribution < -0.4 is 15.8 Å². The standard InChI is InChI=1S/C24H24ClN3O5S/c1-3-33-22-13-6-17(24(30)27-20-9-4-16(5-10-20)23(26)29)14-18(22)15-28(2)34(31,32)21-11-7-19(25)8-12-21/h4-14H,3,15H2,1-2H3,(H2,26,29)(H,27,30). The average molecular weight is 502 g/mol. The van der Waals surface area contributed by atoms with Crippen LogP contribution in [0.25, 0.3) is 0 Å². The van der Waals surface area contributed by atoms with Gasteiger partial charge < -0.3 is 15.8 Å². The maximum atomic E-state index is 13.0. The number of anilines is 1. The SMILES string of the molecule is CCOc1ccc(C(=O)Nc2ccc(C(N)=O)cc2)cc1CN(C)S(=O)(=O)c1ccc(Cl)cc1. The van der Waals surface area contributed by atoms with Crippen LogP contribution in [0.3, 0.4) is 0 Å². The van der Waals surface area contributed by atoms with E-state index in [0.29, 0.717) is 39.8 Å². The highest BCUT2D eigenvalue weighted by Gasteiger charge is 2.23. The van der Waals surface area contributed by atoms with Crippen LogP contribution in [0, 0.1) is 0 Å². The number of rotatable bonds is 9. The summed E-state index contributed by atoms with van der Waals surface area (Å²) in [5.41, 5.74) is 6.88. The largest absolute Gasteiger partial charge is 0.494 e. The number of carbonyl (C=O) groups excluding carboxylic acids is 2. The summed E-state index contributed by atoms with van der Waals surface area (Å²) < 4.78 is 32.8. The zero-order chi connectivity index (χ0) is 24.9. The summed E-state index contributed by atoms with van der Waals surface area (Å²) in [6, 6.07) is 16.9. The van der Waals surface area contributed by atoms with Gasteiger partial charge in [-0.2, -0.15) is 4.31 Å². The van der Waals surface area contributed by atoms with Crippen LogP contribution in [0.1, 0.15) is 33.2 Å². The quantitative estimate of drug-likeness (QED) is 0.460. The van der Waals surface area contributed by atoms with E-state index in [-0.39, 0.29) is 11.4 Å². The summed E-state index contributed by atoms with van der Waals surface area (Å²) in [4.78, 5) is 24.1. The molecular formula is C24H24ClN3O5S. The van der Waals surface area contributed by atoms with Gasteiger partial charge in [0.1, 0.15) is 5.75 Å². The van der Waals surface area contributed by atoms with Gasteiger partial charge in [0.15, 0.2) is 0 Å². The molecule has 178 valence electrons. The number of ether oxygens (including phenoxy) is 1. The molecule has 0 saturated carbocycles. The van der Waals surface area contributed by atoms with Gasteiger partial charge in [-0.1, -0.05) is 11.6 Å². The summed E-state index contributed by atoms with van der Waals surface area (Å²) in [6.07, 6.45) is 0. The average Bonchev–Trinajstić information content (AvgIpc) is 2.80. The summed E-state index contributed by atoms with van der Waals surface area (Å²) in [7, 11) is -2.35. The van der Waals surface area contributed by atoms with Crippen molar-refractivity contribution < 1.29 is 22.7 Å². The van der Waals surface area contributed by atoms with E-state index in [1.54, 1.807) is 30.3 Å². The van der Waals surface area contributed by atoms with Gasteiger partial charge in [0.25, 0.3) is 5.91 Å². The minimum absolute atomic E-state index is 0.0191. The molecule has 0 radical (unpaired) electrons. The number of primary amides is 1. The molecule has 8 nitrogen and oxygen atoms in total. The zero-order valence-corrected chi connectivity index (χ0v) is 20.2. The summed E-state index contributed by atoms with van der Waals surface area (Å²) in [5, 5.41) is 3.18. The van der Waals surface area contributed by atoms with E-state index in [1.807, 2.05) is 6.92 Å². The summed E-state index contributed by atoms with van der Waals surface area (Å²) in [6.45, 7) is 2.17. The van der Waals surface area contributed by atoms with E-state index in [2.05, 4.69) is 5.32 Å². The number of hydrogen-bond donors (Lipinski definition) is 2. The van der Waals surface area contributed by atoms with E-state index >= 15 is 0 Å². The molecule has 0 aromatic heterocycles. The van der Waals surface area contributed by atoms with E-state index in [4.69, 9.17) is 22.1 Å². The number of sulfonamides is 1. The van der Waals surface area contributed by atoms with Crippen LogP contribution >= 0.6 is 11.6 Å². The highest BCUT2D eigenvalue weighted by atomic mass is 35.5. The van der Waals surface area contributed by atoms with Gasteiger partial charge in [-0.25, -0.2) is 8.42 Å². The Bertz CT molecular complexity index is 1290. The summed E-state index contributed by atoms with van der Waals surface area (Å²) >= 11 is 5.87. The van der Waals surface area contributed by atoms with Crippen LogP contribution in [-0.2, 0) is 16.6 Å². The normalized spacial score (nSPS) is 11.3. The fraction of sp³-hybridized carbons (Fsp3) is 0.167. The van der Waals surface area contributed by atoms with Gasteiger partial charge in [-0.15, -0.1) is 0 Å². The fourth-order valence-corrected chi connectivity index (χ4v) is 4.45. The third kappa shape index (κ3) is 5.93. The van der Waals surface area contributed by atoms with Crippen LogP contribution in [0.15, 0.2) is 71.6 Å². The lowest BCUT2D eigenvalue weighted by molar-refractivity contribution is 0.0998. The zero-order valence-electron chi connectivity index (χ0n) is 18.6. The number of halogens is 1. The number of nitrogens with one attached hydrogen (secondary N) is 1. The Morgan fingerprint density at radius 3 is 2.21 bits per heavy atom. The second kappa shape index (κ2) is 10.7. The minimum atomic E-state index is -3.80. The lowest BCUT2D eigenvalue weighted by atomic mass is 10.1. The topological polar surface area (TPSA) is 119 Å². The van der Waals surface area contributed by atoms with E-state index in [9.17, 15) is 18.0 Å². The van der Waals surface area contributed by atoms with Gasteiger partial charge in [0.2, 0.25) is 15.9 Å². The molecule has 0 saturated heterocycles. The van der Waals surface area contributed by atoms with E-state index in [1.165, 1.54) is 47.8 Å². The lowest BCUT2D eigenvalue weighted by Gasteiger charge is -2.20. The molecule has 0 aliphatic rings. The second-order valence-corrected chi connectivity index (χ2v) is 9.85. The highest BCUT2D eigenvalue weighted by Crippen LogP contribution is 2.26. The molecule has 34 heavy (non-hydrogen) atoms. The van der Waals surface area contributed by atoms with Crippen molar-refractivity contribution in [2.24, 2.45) is 5.73 Å². The number of nitrogens with zero attached hydrogens (tertiary/aromatic N) is 1. The molecule has 0 aliphatic carbocycles. The molecule has 0 atom stereocenters. The van der Waals surface area contributed by atoms with Gasteiger partial charge in [-0.05, 0) is 73.7 Å². The Kier molecular flexibility index (Phi) is 7.93. The molecule has 0 bridgehead atoms. The van der Waals surface area contributed by atoms with Crippen molar-refractivity contribution in [3.05, 3.63) is 88.4 Å². The number of carbonyl (C=O) groups is 2. The predicted molar refractivity (Wildman–Crippen MR) is 131 cm³/mol. The van der Waals surface area contributed by atoms with Crippen molar-refractivity contribution in [1.82, 2.24) is 4.31 Å². The van der Waals surface area contributed by atoms with Gasteiger partial charge in [0, 0.05) is 41.0 Å². The fourth-order valence-electron chi connectivity index (χ4n) is 3.17. The van der Waals surface area contributed by atoms with Crippen molar-refractivity contribution in [3.63, 3.8) is 0 Å². The van der Waals surface area contributed by atoms with E-state index in [0.717, 1.165) is 0 Å². The number of hydrogen-bond acceptors (Lipinski definition) is 5. The Labute approximate surface area is 203 Å². The van der Waals surface area contributed by atoms with Crippen LogP contribution in [0.5, 0.6) is 5.75 Å². The molecule has 10 heteroatoms. The predicted octanol–water partition coefficient (Wildman–Crippen LogP) is 3.91. The first-order valence-corrected chi connectivity index (χ1v) is 12.1. The minimum Gasteiger partial charge on any atom is -0.494 e. The Morgan fingerprint density at radius 1 is 1.00 bits per heavy atom. The van der Waals surface area contributed by atoms with Crippen LogP contribution in [0.4, 0.5) is 5.69 Å². The number of nitrogens with two attached hydrogens (primary N) is 1. The van der Waals surface area contributed by atoms with Crippen LogP contribution in [0.2, 0.25) is 5.02 Å². The molecule has 3 aromatic rings. The van der Waals surface area contributed by atoms with Crippen molar-refractivity contribution in [1.29, 1.82) is 0 Å². The first kappa shape index (κ1) is 25.2. The monoisotopic (exact) mass is 501 g/mol. The van der Waals surface area contributed by atoms with E-state index < -0.39 is 21.8 Å². The molecule has 3 aromatic carbocycles. The maximum Gasteiger partial charge on any atom is 0.255 e. The van der Waals surface area contributed by atoms with Gasteiger partial charge in [-0.3, -0.25) is 9.59 Å². The van der Waals surface area contributed by atoms with Crippen LogP contribution in [-0.4, -0.2) is 38.2 Å². The highest BCUT2D eigenvalue weighted by molar-refractivity contribution is 7.89. The first-order valence-electron chi connectivity index (χ1n) is 10.3. The molecule has 3 rings (SSSR count).